The van der Waals surface area contributed by atoms with Crippen LogP contribution in [0.25, 0.3) is 0 Å². The lowest BCUT2D eigenvalue weighted by Gasteiger charge is -2.08. The first kappa shape index (κ1) is 15.1. The Labute approximate surface area is 110 Å². The van der Waals surface area contributed by atoms with Crippen LogP contribution in [0.2, 0.25) is 0 Å². The second kappa shape index (κ2) is 9.03. The molecule has 0 unspecified atom stereocenters. The molecular weight excluding hydrogens is 226 g/mol. The molecule has 0 atom stereocenters. The zero-order valence-corrected chi connectivity index (χ0v) is 12.0. The van der Waals surface area contributed by atoms with E-state index < -0.39 is 0 Å². The van der Waals surface area contributed by atoms with E-state index in [0.29, 0.717) is 6.04 Å². The highest BCUT2D eigenvalue weighted by Crippen LogP contribution is 2.06. The maximum atomic E-state index is 4.06. The fourth-order valence-electron chi connectivity index (χ4n) is 1.86. The summed E-state index contributed by atoms with van der Waals surface area (Å²) in [7, 11) is 0. The van der Waals surface area contributed by atoms with Gasteiger partial charge in [0.25, 0.3) is 0 Å². The van der Waals surface area contributed by atoms with Crippen molar-refractivity contribution < 1.29 is 0 Å². The molecule has 0 aliphatic heterocycles. The molecule has 1 rings (SSSR count). The maximum absolute atomic E-state index is 4.06. The van der Waals surface area contributed by atoms with Crippen molar-refractivity contribution in [2.45, 2.75) is 78.4 Å². The Bertz CT molecular complexity index is 308. The largest absolute Gasteiger partial charge is 0.308 e. The van der Waals surface area contributed by atoms with E-state index in [4.69, 9.17) is 0 Å². The second-order valence-electron chi connectivity index (χ2n) is 5.12. The Hall–Kier alpha value is -0.970. The van der Waals surface area contributed by atoms with E-state index in [0.717, 1.165) is 18.9 Å². The standard InChI is InChI=1S/C13H27N5/c1-4-5-6-7-8-9-10-18-13(15-16-17-18)11-14-12(2)3/h12,14H,4-11H2,1-3H3. The van der Waals surface area contributed by atoms with Gasteiger partial charge >= 0.3 is 0 Å². The molecule has 0 fully saturated rings. The lowest BCUT2D eigenvalue weighted by molar-refractivity contribution is 0.484. The molecule has 5 nitrogen and oxygen atoms in total. The number of nitrogens with one attached hydrogen (secondary N) is 1. The third kappa shape index (κ3) is 6.10. The van der Waals surface area contributed by atoms with Crippen LogP contribution < -0.4 is 5.32 Å². The van der Waals surface area contributed by atoms with Gasteiger partial charge in [-0.1, -0.05) is 52.9 Å². The van der Waals surface area contributed by atoms with Gasteiger partial charge in [0.2, 0.25) is 0 Å². The molecule has 1 aromatic rings. The van der Waals surface area contributed by atoms with Gasteiger partial charge in [0, 0.05) is 12.6 Å². The molecule has 0 spiro atoms. The molecule has 104 valence electrons. The first-order chi connectivity index (χ1) is 8.74. The van der Waals surface area contributed by atoms with Crippen LogP contribution in [-0.4, -0.2) is 26.2 Å². The minimum atomic E-state index is 0.462. The molecule has 0 saturated heterocycles. The predicted octanol–water partition coefficient (Wildman–Crippen LogP) is 2.53. The molecule has 1 N–H and O–H groups in total. The van der Waals surface area contributed by atoms with Crippen LogP contribution in [-0.2, 0) is 13.1 Å². The minimum absolute atomic E-state index is 0.462. The van der Waals surface area contributed by atoms with Crippen molar-refractivity contribution >= 4 is 0 Å². The number of tetrazole rings is 1. The molecule has 0 aromatic carbocycles. The van der Waals surface area contributed by atoms with Crippen molar-refractivity contribution in [3.63, 3.8) is 0 Å². The lowest BCUT2D eigenvalue weighted by Crippen LogP contribution is -2.24. The van der Waals surface area contributed by atoms with Gasteiger partial charge in [-0.25, -0.2) is 4.68 Å². The molecule has 0 radical (unpaired) electrons. The van der Waals surface area contributed by atoms with Gasteiger partial charge in [-0.05, 0) is 16.8 Å². The van der Waals surface area contributed by atoms with Crippen LogP contribution >= 0.6 is 0 Å². The Balaban J connectivity index is 2.19. The zero-order valence-electron chi connectivity index (χ0n) is 12.0. The molecule has 5 heteroatoms. The fraction of sp³-hybridized carbons (Fsp3) is 0.923. The highest BCUT2D eigenvalue weighted by atomic mass is 15.5. The first-order valence-electron chi connectivity index (χ1n) is 7.22. The number of hydrogen-bond donors (Lipinski definition) is 1. The van der Waals surface area contributed by atoms with Crippen LogP contribution in [0.1, 0.15) is 65.1 Å². The zero-order chi connectivity index (χ0) is 13.2. The second-order valence-corrected chi connectivity index (χ2v) is 5.12. The van der Waals surface area contributed by atoms with Gasteiger partial charge in [-0.2, -0.15) is 0 Å². The normalized spacial score (nSPS) is 11.3. The molecule has 0 aliphatic rings. The van der Waals surface area contributed by atoms with E-state index in [-0.39, 0.29) is 0 Å². The molecule has 18 heavy (non-hydrogen) atoms. The number of aryl methyl sites for hydroxylation is 1. The van der Waals surface area contributed by atoms with Gasteiger partial charge in [0.1, 0.15) is 0 Å². The van der Waals surface area contributed by atoms with Gasteiger partial charge < -0.3 is 5.32 Å². The summed E-state index contributed by atoms with van der Waals surface area (Å²) >= 11 is 0. The Morgan fingerprint density at radius 3 is 2.56 bits per heavy atom. The van der Waals surface area contributed by atoms with Crippen molar-refractivity contribution in [3.8, 4) is 0 Å². The number of unbranched alkanes of at least 4 members (excludes halogenated alkanes) is 5. The number of aromatic nitrogens is 4. The predicted molar refractivity (Wildman–Crippen MR) is 73.2 cm³/mol. The molecule has 0 amide bonds. The third-order valence-corrected chi connectivity index (χ3v) is 3.00. The average Bonchev–Trinajstić information content (AvgIpc) is 2.78. The van der Waals surface area contributed by atoms with Crippen LogP contribution in [0.5, 0.6) is 0 Å². The third-order valence-electron chi connectivity index (χ3n) is 3.00. The van der Waals surface area contributed by atoms with Crippen LogP contribution in [0.4, 0.5) is 0 Å². The summed E-state index contributed by atoms with van der Waals surface area (Å²) in [6.45, 7) is 8.19. The van der Waals surface area contributed by atoms with E-state index in [9.17, 15) is 0 Å². The summed E-state index contributed by atoms with van der Waals surface area (Å²) in [5.74, 6) is 0.942. The summed E-state index contributed by atoms with van der Waals surface area (Å²) in [5, 5.41) is 15.2. The molecule has 0 bridgehead atoms. The van der Waals surface area contributed by atoms with Gasteiger partial charge in [0.05, 0.1) is 6.54 Å². The first-order valence-corrected chi connectivity index (χ1v) is 7.22. The van der Waals surface area contributed by atoms with E-state index in [1.54, 1.807) is 0 Å². The van der Waals surface area contributed by atoms with Gasteiger partial charge in [-0.3, -0.25) is 0 Å². The van der Waals surface area contributed by atoms with Crippen molar-refractivity contribution in [2.24, 2.45) is 0 Å². The SMILES string of the molecule is CCCCCCCCn1nnnc1CNC(C)C. The molecule has 1 aromatic heterocycles. The molecule has 1 heterocycles. The Morgan fingerprint density at radius 2 is 1.83 bits per heavy atom. The minimum Gasteiger partial charge on any atom is -0.308 e. The highest BCUT2D eigenvalue weighted by molar-refractivity contribution is 4.80. The monoisotopic (exact) mass is 253 g/mol. The van der Waals surface area contributed by atoms with Crippen LogP contribution in [0.3, 0.4) is 0 Å². The fourth-order valence-corrected chi connectivity index (χ4v) is 1.86. The maximum Gasteiger partial charge on any atom is 0.165 e. The quantitative estimate of drug-likeness (QED) is 0.651. The summed E-state index contributed by atoms with van der Waals surface area (Å²) in [6, 6.07) is 0.462. The van der Waals surface area contributed by atoms with Crippen molar-refractivity contribution in [2.75, 3.05) is 0 Å². The van der Waals surface area contributed by atoms with Gasteiger partial charge in [-0.15, -0.1) is 5.10 Å². The van der Waals surface area contributed by atoms with E-state index in [1.807, 2.05) is 4.68 Å². The average molecular weight is 253 g/mol. The Kier molecular flexibility index (Phi) is 7.57. The van der Waals surface area contributed by atoms with Crippen molar-refractivity contribution in [1.29, 1.82) is 0 Å². The number of nitrogens with zero attached hydrogens (tertiary/aromatic N) is 4. The summed E-state index contributed by atoms with van der Waals surface area (Å²) in [4.78, 5) is 0. The van der Waals surface area contributed by atoms with E-state index in [1.165, 1.54) is 38.5 Å². The van der Waals surface area contributed by atoms with E-state index in [2.05, 4.69) is 41.6 Å². The van der Waals surface area contributed by atoms with Gasteiger partial charge in [0.15, 0.2) is 5.82 Å². The molecule has 0 saturated carbocycles. The topological polar surface area (TPSA) is 55.6 Å². The van der Waals surface area contributed by atoms with Crippen molar-refractivity contribution in [3.05, 3.63) is 5.82 Å². The van der Waals surface area contributed by atoms with Crippen LogP contribution in [0, 0.1) is 0 Å². The number of rotatable bonds is 10. The lowest BCUT2D eigenvalue weighted by atomic mass is 10.1. The van der Waals surface area contributed by atoms with E-state index >= 15 is 0 Å². The van der Waals surface area contributed by atoms with Crippen molar-refractivity contribution in [1.82, 2.24) is 25.5 Å². The summed E-state index contributed by atoms with van der Waals surface area (Å²) < 4.78 is 1.93. The van der Waals surface area contributed by atoms with Crippen LogP contribution in [0.15, 0.2) is 0 Å². The summed E-state index contributed by atoms with van der Waals surface area (Å²) in [5.41, 5.74) is 0. The number of hydrogen-bond acceptors (Lipinski definition) is 4. The molecular formula is C13H27N5. The smallest absolute Gasteiger partial charge is 0.165 e. The highest BCUT2D eigenvalue weighted by Gasteiger charge is 2.05. The molecule has 0 aliphatic carbocycles. The summed E-state index contributed by atoms with van der Waals surface area (Å²) in [6.07, 6.45) is 7.79. The Morgan fingerprint density at radius 1 is 1.11 bits per heavy atom.